The van der Waals surface area contributed by atoms with Crippen LogP contribution in [-0.4, -0.2) is 44.3 Å². The number of carboxylic acids is 1. The molecule has 0 fully saturated rings. The number of nitrogens with one attached hydrogen (secondary N) is 1. The zero-order valence-electron chi connectivity index (χ0n) is 10.7. The number of aliphatic hydroxyl groups excluding tert-OH is 1. The quantitative estimate of drug-likeness (QED) is 0.688. The lowest BCUT2D eigenvalue weighted by atomic mass is 10.3. The third kappa shape index (κ3) is 3.33. The van der Waals surface area contributed by atoms with Gasteiger partial charge in [0.05, 0.1) is 23.9 Å². The SMILES string of the molecule is O=C(CCn1cnc2ccccc21)NC[C@H](O)C(=O)O. The minimum atomic E-state index is -1.58. The number of para-hydroxylation sites is 2. The van der Waals surface area contributed by atoms with Gasteiger partial charge in [-0.2, -0.15) is 0 Å². The highest BCUT2D eigenvalue weighted by Crippen LogP contribution is 2.11. The van der Waals surface area contributed by atoms with Crippen molar-refractivity contribution in [2.45, 2.75) is 19.1 Å². The zero-order chi connectivity index (χ0) is 14.5. The summed E-state index contributed by atoms with van der Waals surface area (Å²) in [5.41, 5.74) is 1.79. The van der Waals surface area contributed by atoms with Crippen molar-refractivity contribution in [1.82, 2.24) is 14.9 Å². The lowest BCUT2D eigenvalue weighted by molar-refractivity contribution is -0.146. The monoisotopic (exact) mass is 277 g/mol. The molecular weight excluding hydrogens is 262 g/mol. The van der Waals surface area contributed by atoms with Crippen molar-refractivity contribution in [2.24, 2.45) is 0 Å². The Morgan fingerprint density at radius 1 is 1.35 bits per heavy atom. The molecule has 1 aromatic heterocycles. The average molecular weight is 277 g/mol. The Balaban J connectivity index is 1.86. The van der Waals surface area contributed by atoms with Crippen LogP contribution in [0.1, 0.15) is 6.42 Å². The summed E-state index contributed by atoms with van der Waals surface area (Å²) in [4.78, 5) is 26.1. The Morgan fingerprint density at radius 3 is 2.85 bits per heavy atom. The molecule has 0 aliphatic carbocycles. The number of hydrogen-bond donors (Lipinski definition) is 3. The summed E-state index contributed by atoms with van der Waals surface area (Å²) in [6, 6.07) is 7.58. The van der Waals surface area contributed by atoms with E-state index in [1.54, 1.807) is 6.33 Å². The van der Waals surface area contributed by atoms with Crippen LogP contribution >= 0.6 is 0 Å². The van der Waals surface area contributed by atoms with Gasteiger partial charge in [-0.15, -0.1) is 0 Å². The van der Waals surface area contributed by atoms with Gasteiger partial charge in [-0.3, -0.25) is 4.79 Å². The molecule has 20 heavy (non-hydrogen) atoms. The number of amides is 1. The molecule has 0 radical (unpaired) electrons. The van der Waals surface area contributed by atoms with E-state index in [0.29, 0.717) is 6.54 Å². The van der Waals surface area contributed by atoms with Crippen LogP contribution in [0.2, 0.25) is 0 Å². The van der Waals surface area contributed by atoms with Crippen molar-refractivity contribution in [3.8, 4) is 0 Å². The maximum atomic E-state index is 11.6. The van der Waals surface area contributed by atoms with Crippen molar-refractivity contribution in [3.05, 3.63) is 30.6 Å². The van der Waals surface area contributed by atoms with E-state index in [9.17, 15) is 9.59 Å². The summed E-state index contributed by atoms with van der Waals surface area (Å²) in [5, 5.41) is 19.9. The van der Waals surface area contributed by atoms with E-state index in [1.165, 1.54) is 0 Å². The molecule has 2 aromatic rings. The molecule has 1 heterocycles. The van der Waals surface area contributed by atoms with Gasteiger partial charge >= 0.3 is 5.97 Å². The van der Waals surface area contributed by atoms with E-state index < -0.39 is 12.1 Å². The summed E-state index contributed by atoms with van der Waals surface area (Å²) in [7, 11) is 0. The van der Waals surface area contributed by atoms with Crippen LogP contribution in [0.4, 0.5) is 0 Å². The first-order chi connectivity index (χ1) is 9.58. The Hall–Kier alpha value is -2.41. The number of benzene rings is 1. The lowest BCUT2D eigenvalue weighted by Gasteiger charge is -2.08. The number of aliphatic carboxylic acids is 1. The molecule has 0 saturated carbocycles. The molecule has 1 atom stereocenters. The van der Waals surface area contributed by atoms with Crippen molar-refractivity contribution < 1.29 is 19.8 Å². The van der Waals surface area contributed by atoms with Crippen molar-refractivity contribution in [1.29, 1.82) is 0 Å². The number of aliphatic hydroxyl groups is 1. The molecule has 7 nitrogen and oxygen atoms in total. The Kier molecular flexibility index (Phi) is 4.31. The van der Waals surface area contributed by atoms with Crippen molar-refractivity contribution in [2.75, 3.05) is 6.54 Å². The Morgan fingerprint density at radius 2 is 2.10 bits per heavy atom. The van der Waals surface area contributed by atoms with Crippen molar-refractivity contribution >= 4 is 22.9 Å². The summed E-state index contributed by atoms with van der Waals surface area (Å²) >= 11 is 0. The lowest BCUT2D eigenvalue weighted by Crippen LogP contribution is -2.36. The minimum Gasteiger partial charge on any atom is -0.479 e. The first kappa shape index (κ1) is 14.0. The molecule has 0 aliphatic rings. The fourth-order valence-corrected chi connectivity index (χ4v) is 1.80. The molecule has 1 amide bonds. The van der Waals surface area contributed by atoms with Crippen LogP contribution in [0.3, 0.4) is 0 Å². The second-order valence-electron chi connectivity index (χ2n) is 4.33. The first-order valence-electron chi connectivity index (χ1n) is 6.15. The average Bonchev–Trinajstić information content (AvgIpc) is 2.85. The van der Waals surface area contributed by atoms with E-state index in [-0.39, 0.29) is 18.9 Å². The van der Waals surface area contributed by atoms with Crippen LogP contribution < -0.4 is 5.32 Å². The Labute approximate surface area is 114 Å². The van der Waals surface area contributed by atoms with E-state index in [1.807, 2.05) is 28.8 Å². The second-order valence-corrected chi connectivity index (χ2v) is 4.33. The molecule has 0 saturated heterocycles. The normalized spacial score (nSPS) is 12.2. The molecular formula is C13H15N3O4. The smallest absolute Gasteiger partial charge is 0.334 e. The van der Waals surface area contributed by atoms with E-state index in [4.69, 9.17) is 10.2 Å². The zero-order valence-corrected chi connectivity index (χ0v) is 10.7. The van der Waals surface area contributed by atoms with Gasteiger partial charge in [0.2, 0.25) is 5.91 Å². The summed E-state index contributed by atoms with van der Waals surface area (Å²) in [6.45, 7) is 0.147. The molecule has 3 N–H and O–H groups in total. The molecule has 0 unspecified atom stereocenters. The minimum absolute atomic E-state index is 0.187. The van der Waals surface area contributed by atoms with Gasteiger partial charge in [-0.1, -0.05) is 12.1 Å². The van der Waals surface area contributed by atoms with E-state index >= 15 is 0 Å². The van der Waals surface area contributed by atoms with Crippen LogP contribution in [0.5, 0.6) is 0 Å². The number of carboxylic acid groups (broad SMARTS) is 1. The number of aromatic nitrogens is 2. The maximum absolute atomic E-state index is 11.6. The summed E-state index contributed by atoms with van der Waals surface area (Å²) in [5.74, 6) is -1.67. The number of hydrogen-bond acceptors (Lipinski definition) is 4. The van der Waals surface area contributed by atoms with Gasteiger partial charge in [0, 0.05) is 13.0 Å². The van der Waals surface area contributed by atoms with Gasteiger partial charge in [0.15, 0.2) is 6.10 Å². The Bertz CT molecular complexity index is 623. The number of carbonyl (C=O) groups is 2. The number of rotatable bonds is 6. The fourth-order valence-electron chi connectivity index (χ4n) is 1.80. The molecule has 0 spiro atoms. The topological polar surface area (TPSA) is 104 Å². The van der Waals surface area contributed by atoms with Gasteiger partial charge in [0.25, 0.3) is 0 Å². The maximum Gasteiger partial charge on any atom is 0.334 e. The molecule has 0 aliphatic heterocycles. The largest absolute Gasteiger partial charge is 0.479 e. The van der Waals surface area contributed by atoms with Crippen LogP contribution in [-0.2, 0) is 16.1 Å². The third-order valence-corrected chi connectivity index (χ3v) is 2.88. The number of carbonyl (C=O) groups excluding carboxylic acids is 1. The number of nitrogens with zero attached hydrogens (tertiary/aromatic N) is 2. The highest BCUT2D eigenvalue weighted by Gasteiger charge is 2.14. The summed E-state index contributed by atoms with van der Waals surface area (Å²) < 4.78 is 1.85. The predicted molar refractivity (Wildman–Crippen MR) is 71.0 cm³/mol. The highest BCUT2D eigenvalue weighted by atomic mass is 16.4. The van der Waals surface area contributed by atoms with E-state index in [0.717, 1.165) is 11.0 Å². The predicted octanol–water partition coefficient (Wildman–Crippen LogP) is -0.0119. The molecule has 1 aromatic carbocycles. The molecule has 0 bridgehead atoms. The van der Waals surface area contributed by atoms with E-state index in [2.05, 4.69) is 10.3 Å². The fraction of sp³-hybridized carbons (Fsp3) is 0.308. The standard InChI is InChI=1S/C13H15N3O4/c17-11(13(19)20)7-14-12(18)5-6-16-8-15-9-3-1-2-4-10(9)16/h1-4,8,11,17H,5-7H2,(H,14,18)(H,19,20)/t11-/m0/s1. The van der Waals surface area contributed by atoms with Crippen LogP contribution in [0, 0.1) is 0 Å². The second kappa shape index (κ2) is 6.16. The third-order valence-electron chi connectivity index (χ3n) is 2.88. The molecule has 2 rings (SSSR count). The van der Waals surface area contributed by atoms with Gasteiger partial charge in [-0.05, 0) is 12.1 Å². The van der Waals surface area contributed by atoms with Gasteiger partial charge in [0.1, 0.15) is 0 Å². The molecule has 7 heteroatoms. The number of imidazole rings is 1. The summed E-state index contributed by atoms with van der Waals surface area (Å²) in [6.07, 6.45) is 0.268. The van der Waals surface area contributed by atoms with Crippen LogP contribution in [0.25, 0.3) is 11.0 Å². The van der Waals surface area contributed by atoms with Crippen LogP contribution in [0.15, 0.2) is 30.6 Å². The number of fused-ring (bicyclic) bond motifs is 1. The number of aryl methyl sites for hydroxylation is 1. The first-order valence-corrected chi connectivity index (χ1v) is 6.15. The highest BCUT2D eigenvalue weighted by molar-refractivity contribution is 5.78. The molecule has 106 valence electrons. The van der Waals surface area contributed by atoms with Gasteiger partial charge < -0.3 is 20.1 Å². The van der Waals surface area contributed by atoms with Crippen molar-refractivity contribution in [3.63, 3.8) is 0 Å². The van der Waals surface area contributed by atoms with Gasteiger partial charge in [-0.25, -0.2) is 9.78 Å².